The predicted molar refractivity (Wildman–Crippen MR) is 84.1 cm³/mol. The van der Waals surface area contributed by atoms with Gasteiger partial charge in [0.25, 0.3) is 5.91 Å². The molecular formula is C18H25NO2. The summed E-state index contributed by atoms with van der Waals surface area (Å²) in [5.74, 6) is 0.140. The number of rotatable bonds is 3. The molecule has 114 valence electrons. The third-order valence-corrected chi connectivity index (χ3v) is 4.19. The van der Waals surface area contributed by atoms with Crippen LogP contribution in [0.5, 0.6) is 0 Å². The summed E-state index contributed by atoms with van der Waals surface area (Å²) in [5, 5.41) is 3.08. The second kappa shape index (κ2) is 6.42. The Morgan fingerprint density at radius 2 is 1.67 bits per heavy atom. The first-order valence-corrected chi connectivity index (χ1v) is 7.80. The summed E-state index contributed by atoms with van der Waals surface area (Å²) in [6.45, 7) is 5.88. The Kier molecular flexibility index (Phi) is 4.81. The van der Waals surface area contributed by atoms with Crippen molar-refractivity contribution in [1.82, 2.24) is 5.32 Å². The van der Waals surface area contributed by atoms with Gasteiger partial charge in [-0.25, -0.2) is 0 Å². The van der Waals surface area contributed by atoms with Gasteiger partial charge >= 0.3 is 0 Å². The van der Waals surface area contributed by atoms with E-state index in [9.17, 15) is 9.59 Å². The highest BCUT2D eigenvalue weighted by Gasteiger charge is 2.37. The van der Waals surface area contributed by atoms with Crippen LogP contribution in [0.3, 0.4) is 0 Å². The van der Waals surface area contributed by atoms with Gasteiger partial charge in [-0.05, 0) is 25.0 Å². The van der Waals surface area contributed by atoms with Gasteiger partial charge in [0.15, 0.2) is 0 Å². The number of nitrogens with one attached hydrogen (secondary N) is 1. The minimum Gasteiger partial charge on any atom is -0.349 e. The first-order valence-electron chi connectivity index (χ1n) is 7.80. The van der Waals surface area contributed by atoms with E-state index in [0.717, 1.165) is 25.7 Å². The second-order valence-electron chi connectivity index (χ2n) is 6.95. The van der Waals surface area contributed by atoms with Crippen LogP contribution in [-0.2, 0) is 4.79 Å². The molecule has 0 aliphatic heterocycles. The summed E-state index contributed by atoms with van der Waals surface area (Å²) >= 11 is 0. The van der Waals surface area contributed by atoms with Crippen LogP contribution in [0.15, 0.2) is 30.3 Å². The molecule has 1 aliphatic carbocycles. The zero-order valence-electron chi connectivity index (χ0n) is 13.2. The number of Topliss-reactive ketones (excluding diaryl/α,β-unsaturated/α-hetero) is 1. The molecule has 2 rings (SSSR count). The van der Waals surface area contributed by atoms with E-state index in [4.69, 9.17) is 0 Å². The molecular weight excluding hydrogens is 262 g/mol. The van der Waals surface area contributed by atoms with Crippen molar-refractivity contribution in [2.24, 2.45) is 11.3 Å². The molecule has 1 saturated carbocycles. The number of carbonyl (C=O) groups is 2. The minimum absolute atomic E-state index is 0.0295. The molecule has 1 N–H and O–H groups in total. The number of hydrogen-bond donors (Lipinski definition) is 1. The van der Waals surface area contributed by atoms with Gasteiger partial charge in [0.1, 0.15) is 5.78 Å². The molecule has 1 amide bonds. The molecule has 0 radical (unpaired) electrons. The molecule has 0 spiro atoms. The van der Waals surface area contributed by atoms with Gasteiger partial charge in [0.05, 0.1) is 0 Å². The number of carbonyl (C=O) groups excluding carboxylic acids is 2. The van der Waals surface area contributed by atoms with Crippen LogP contribution >= 0.6 is 0 Å². The van der Waals surface area contributed by atoms with E-state index in [-0.39, 0.29) is 29.1 Å². The predicted octanol–water partition coefficient (Wildman–Crippen LogP) is 3.59. The molecule has 0 heterocycles. The number of ketones is 1. The van der Waals surface area contributed by atoms with Crippen LogP contribution in [0.1, 0.15) is 56.8 Å². The fraction of sp³-hybridized carbons (Fsp3) is 0.556. The topological polar surface area (TPSA) is 46.2 Å². The Hall–Kier alpha value is -1.64. The van der Waals surface area contributed by atoms with Gasteiger partial charge in [0.2, 0.25) is 0 Å². The quantitative estimate of drug-likeness (QED) is 0.923. The molecule has 2 atom stereocenters. The van der Waals surface area contributed by atoms with Crippen molar-refractivity contribution in [3.05, 3.63) is 35.9 Å². The fourth-order valence-electron chi connectivity index (χ4n) is 3.01. The van der Waals surface area contributed by atoms with Gasteiger partial charge in [-0.2, -0.15) is 0 Å². The van der Waals surface area contributed by atoms with Crippen molar-refractivity contribution in [2.45, 2.75) is 52.5 Å². The van der Waals surface area contributed by atoms with Crippen molar-refractivity contribution in [3.63, 3.8) is 0 Å². The Morgan fingerprint density at radius 3 is 2.29 bits per heavy atom. The summed E-state index contributed by atoms with van der Waals surface area (Å²) in [7, 11) is 0. The number of hydrogen-bond acceptors (Lipinski definition) is 2. The standard InChI is InChI=1S/C18H25NO2/c1-18(2,3)16(20)14-11-7-8-12-15(14)19-17(21)13-9-5-4-6-10-13/h4-6,9-10,14-15H,7-8,11-12H2,1-3H3,(H,19,21)/t14-,15+/m1/s1. The third kappa shape index (κ3) is 3.93. The van der Waals surface area contributed by atoms with Gasteiger partial charge in [-0.1, -0.05) is 51.8 Å². The second-order valence-corrected chi connectivity index (χ2v) is 6.95. The first kappa shape index (κ1) is 15.7. The lowest BCUT2D eigenvalue weighted by molar-refractivity contribution is -0.132. The van der Waals surface area contributed by atoms with Gasteiger partial charge in [-0.15, -0.1) is 0 Å². The number of amides is 1. The highest BCUT2D eigenvalue weighted by Crippen LogP contribution is 2.31. The average Bonchev–Trinajstić information content (AvgIpc) is 2.47. The van der Waals surface area contributed by atoms with Gasteiger partial charge < -0.3 is 5.32 Å². The lowest BCUT2D eigenvalue weighted by atomic mass is 9.73. The van der Waals surface area contributed by atoms with Crippen LogP contribution in [0.4, 0.5) is 0 Å². The Balaban J connectivity index is 2.09. The van der Waals surface area contributed by atoms with Crippen LogP contribution in [-0.4, -0.2) is 17.7 Å². The summed E-state index contributed by atoms with van der Waals surface area (Å²) in [5.41, 5.74) is 0.308. The van der Waals surface area contributed by atoms with Crippen LogP contribution in [0, 0.1) is 11.3 Å². The highest BCUT2D eigenvalue weighted by atomic mass is 16.2. The molecule has 1 aliphatic rings. The lowest BCUT2D eigenvalue weighted by Crippen LogP contribution is -2.47. The molecule has 21 heavy (non-hydrogen) atoms. The molecule has 1 aromatic rings. The SMILES string of the molecule is CC(C)(C)C(=O)[C@@H]1CCCC[C@@H]1NC(=O)c1ccccc1. The largest absolute Gasteiger partial charge is 0.349 e. The molecule has 1 aromatic carbocycles. The Labute approximate surface area is 127 Å². The highest BCUT2D eigenvalue weighted by molar-refractivity contribution is 5.95. The van der Waals surface area contributed by atoms with Crippen molar-refractivity contribution < 1.29 is 9.59 Å². The molecule has 1 fully saturated rings. The zero-order valence-corrected chi connectivity index (χ0v) is 13.2. The van der Waals surface area contributed by atoms with Crippen molar-refractivity contribution in [2.75, 3.05) is 0 Å². The van der Waals surface area contributed by atoms with Gasteiger partial charge in [-0.3, -0.25) is 9.59 Å². The average molecular weight is 287 g/mol. The van der Waals surface area contributed by atoms with Crippen molar-refractivity contribution >= 4 is 11.7 Å². The normalized spacial score (nSPS) is 22.6. The summed E-state index contributed by atoms with van der Waals surface area (Å²) in [4.78, 5) is 24.9. The third-order valence-electron chi connectivity index (χ3n) is 4.19. The van der Waals surface area contributed by atoms with Crippen LogP contribution in [0.2, 0.25) is 0 Å². The van der Waals surface area contributed by atoms with Crippen LogP contribution in [0.25, 0.3) is 0 Å². The van der Waals surface area contributed by atoms with E-state index in [2.05, 4.69) is 5.32 Å². The Morgan fingerprint density at radius 1 is 1.05 bits per heavy atom. The fourth-order valence-corrected chi connectivity index (χ4v) is 3.01. The summed E-state index contributed by atoms with van der Waals surface area (Å²) < 4.78 is 0. The van der Waals surface area contributed by atoms with E-state index < -0.39 is 0 Å². The molecule has 0 aromatic heterocycles. The van der Waals surface area contributed by atoms with Crippen LogP contribution < -0.4 is 5.32 Å². The molecule has 0 unspecified atom stereocenters. The number of benzene rings is 1. The molecule has 0 saturated heterocycles. The molecule has 3 heteroatoms. The first-order chi connectivity index (χ1) is 9.89. The van der Waals surface area contributed by atoms with Crippen molar-refractivity contribution in [3.8, 4) is 0 Å². The maximum atomic E-state index is 12.6. The van der Waals surface area contributed by atoms with Gasteiger partial charge in [0, 0.05) is 22.9 Å². The lowest BCUT2D eigenvalue weighted by Gasteiger charge is -2.35. The maximum Gasteiger partial charge on any atom is 0.251 e. The monoisotopic (exact) mass is 287 g/mol. The Bertz CT molecular complexity index is 502. The van der Waals surface area contributed by atoms with E-state index in [0.29, 0.717) is 5.56 Å². The minimum atomic E-state index is -0.349. The van der Waals surface area contributed by atoms with Crippen molar-refractivity contribution in [1.29, 1.82) is 0 Å². The van der Waals surface area contributed by atoms with E-state index >= 15 is 0 Å². The van der Waals surface area contributed by atoms with E-state index in [1.807, 2.05) is 39.0 Å². The molecule has 0 bridgehead atoms. The summed E-state index contributed by atoms with van der Waals surface area (Å²) in [6.07, 6.45) is 3.93. The molecule has 3 nitrogen and oxygen atoms in total. The van der Waals surface area contributed by atoms with E-state index in [1.54, 1.807) is 12.1 Å². The maximum absolute atomic E-state index is 12.6. The van der Waals surface area contributed by atoms with E-state index in [1.165, 1.54) is 0 Å². The summed E-state index contributed by atoms with van der Waals surface area (Å²) in [6, 6.07) is 9.18. The smallest absolute Gasteiger partial charge is 0.251 e. The zero-order chi connectivity index (χ0) is 15.5.